The van der Waals surface area contributed by atoms with Crippen LogP contribution in [0.25, 0.3) is 5.65 Å². The van der Waals surface area contributed by atoms with Gasteiger partial charge in [0.25, 0.3) is 0 Å². The third-order valence-electron chi connectivity index (χ3n) is 3.71. The molecule has 0 amide bonds. The number of halogens is 1. The first-order valence-corrected chi connectivity index (χ1v) is 7.25. The first kappa shape index (κ1) is 12.0. The molecule has 5 heteroatoms. The molecule has 0 aliphatic heterocycles. The Morgan fingerprint density at radius 2 is 2.33 bits per heavy atom. The molecule has 0 spiro atoms. The molecule has 1 aliphatic rings. The summed E-state index contributed by atoms with van der Waals surface area (Å²) in [6, 6.07) is 0. The number of rotatable bonds is 5. The van der Waals surface area contributed by atoms with Crippen molar-refractivity contribution in [2.75, 3.05) is 11.9 Å². The fourth-order valence-corrected chi connectivity index (χ4v) is 2.91. The lowest BCUT2D eigenvalue weighted by Crippen LogP contribution is -2.16. The average molecular weight is 309 g/mol. The van der Waals surface area contributed by atoms with E-state index in [0.29, 0.717) is 5.41 Å². The summed E-state index contributed by atoms with van der Waals surface area (Å²) >= 11 is 3.44. The van der Waals surface area contributed by atoms with Crippen LogP contribution in [-0.2, 0) is 0 Å². The zero-order valence-electron chi connectivity index (χ0n) is 10.5. The summed E-state index contributed by atoms with van der Waals surface area (Å²) in [4.78, 5) is 8.83. The molecule has 0 saturated heterocycles. The van der Waals surface area contributed by atoms with Crippen molar-refractivity contribution in [2.45, 2.75) is 32.6 Å². The van der Waals surface area contributed by atoms with Crippen LogP contribution in [0.5, 0.6) is 0 Å². The maximum atomic E-state index is 4.49. The van der Waals surface area contributed by atoms with Gasteiger partial charge >= 0.3 is 0 Å². The molecule has 0 unspecified atom stereocenters. The van der Waals surface area contributed by atoms with Crippen LogP contribution in [0.1, 0.15) is 32.6 Å². The van der Waals surface area contributed by atoms with Gasteiger partial charge in [0.1, 0.15) is 4.60 Å². The molecule has 96 valence electrons. The monoisotopic (exact) mass is 308 g/mol. The van der Waals surface area contributed by atoms with Crippen molar-refractivity contribution in [3.05, 3.63) is 23.2 Å². The van der Waals surface area contributed by atoms with Gasteiger partial charge in [-0.2, -0.15) is 0 Å². The van der Waals surface area contributed by atoms with Crippen LogP contribution in [0.4, 0.5) is 5.82 Å². The van der Waals surface area contributed by atoms with Gasteiger partial charge in [0, 0.05) is 25.1 Å². The predicted molar refractivity (Wildman–Crippen MR) is 75.8 cm³/mol. The van der Waals surface area contributed by atoms with Crippen LogP contribution >= 0.6 is 15.9 Å². The number of fused-ring (bicyclic) bond motifs is 1. The van der Waals surface area contributed by atoms with E-state index in [-0.39, 0.29) is 0 Å². The van der Waals surface area contributed by atoms with E-state index in [4.69, 9.17) is 0 Å². The standard InChI is InChI=1S/C13H17BrN4/c1-2-3-13(4-5-13)9-16-11-12-15-6-7-18(12)8-10(14)17-11/h6-8H,2-5,9H2,1H3,(H,16,17). The Hall–Kier alpha value is -1.10. The fourth-order valence-electron chi connectivity index (χ4n) is 2.51. The molecule has 2 heterocycles. The molecule has 1 aliphatic carbocycles. The van der Waals surface area contributed by atoms with Gasteiger partial charge in [-0.1, -0.05) is 13.3 Å². The van der Waals surface area contributed by atoms with E-state index in [2.05, 4.69) is 38.1 Å². The number of nitrogens with zero attached hydrogens (tertiary/aromatic N) is 3. The third kappa shape index (κ3) is 2.23. The summed E-state index contributed by atoms with van der Waals surface area (Å²) in [6.45, 7) is 3.26. The van der Waals surface area contributed by atoms with E-state index < -0.39 is 0 Å². The van der Waals surface area contributed by atoms with Crippen LogP contribution in [0.3, 0.4) is 0 Å². The molecule has 3 rings (SSSR count). The van der Waals surface area contributed by atoms with E-state index in [9.17, 15) is 0 Å². The summed E-state index contributed by atoms with van der Waals surface area (Å²) in [5.74, 6) is 0.872. The second-order valence-corrected chi connectivity index (χ2v) is 5.99. The van der Waals surface area contributed by atoms with Crippen molar-refractivity contribution in [1.29, 1.82) is 0 Å². The summed E-state index contributed by atoms with van der Waals surface area (Å²) in [6.07, 6.45) is 10.9. The first-order valence-electron chi connectivity index (χ1n) is 6.45. The highest BCUT2D eigenvalue weighted by atomic mass is 79.9. The van der Waals surface area contributed by atoms with Gasteiger partial charge in [-0.05, 0) is 40.6 Å². The minimum Gasteiger partial charge on any atom is -0.366 e. The highest BCUT2D eigenvalue weighted by Gasteiger charge is 2.41. The lowest BCUT2D eigenvalue weighted by atomic mass is 10.0. The number of anilines is 1. The highest BCUT2D eigenvalue weighted by molar-refractivity contribution is 9.10. The molecule has 2 aromatic rings. The van der Waals surface area contributed by atoms with E-state index in [0.717, 1.165) is 22.6 Å². The van der Waals surface area contributed by atoms with Crippen LogP contribution in [0.2, 0.25) is 0 Å². The Morgan fingerprint density at radius 1 is 1.50 bits per heavy atom. The van der Waals surface area contributed by atoms with Gasteiger partial charge < -0.3 is 9.72 Å². The van der Waals surface area contributed by atoms with Crippen molar-refractivity contribution >= 4 is 27.4 Å². The summed E-state index contributed by atoms with van der Waals surface area (Å²) < 4.78 is 2.81. The van der Waals surface area contributed by atoms with Crippen LogP contribution in [-0.4, -0.2) is 20.9 Å². The number of aromatic nitrogens is 3. The molecule has 0 radical (unpaired) electrons. The van der Waals surface area contributed by atoms with Gasteiger partial charge in [0.2, 0.25) is 0 Å². The summed E-state index contributed by atoms with van der Waals surface area (Å²) in [5.41, 5.74) is 1.41. The van der Waals surface area contributed by atoms with Gasteiger partial charge in [0.05, 0.1) is 0 Å². The number of hydrogen-bond donors (Lipinski definition) is 1. The van der Waals surface area contributed by atoms with Gasteiger partial charge in [-0.3, -0.25) is 0 Å². The minimum atomic E-state index is 0.516. The van der Waals surface area contributed by atoms with E-state index >= 15 is 0 Å². The number of imidazole rings is 1. The molecule has 1 fully saturated rings. The Bertz CT molecular complexity index is 559. The number of nitrogens with one attached hydrogen (secondary N) is 1. The lowest BCUT2D eigenvalue weighted by Gasteiger charge is -2.15. The smallest absolute Gasteiger partial charge is 0.180 e. The molecule has 18 heavy (non-hydrogen) atoms. The Morgan fingerprint density at radius 3 is 3.06 bits per heavy atom. The molecule has 1 N–H and O–H groups in total. The minimum absolute atomic E-state index is 0.516. The summed E-state index contributed by atoms with van der Waals surface area (Å²) in [7, 11) is 0. The maximum absolute atomic E-state index is 4.49. The van der Waals surface area contributed by atoms with Crippen LogP contribution < -0.4 is 5.32 Å². The highest BCUT2D eigenvalue weighted by Crippen LogP contribution is 2.49. The second-order valence-electron chi connectivity index (χ2n) is 5.17. The fraction of sp³-hybridized carbons (Fsp3) is 0.538. The quantitative estimate of drug-likeness (QED) is 0.919. The normalized spacial score (nSPS) is 17.0. The SMILES string of the molecule is CCCC1(CNc2nc(Br)cn3ccnc23)CC1. The first-order chi connectivity index (χ1) is 8.72. The van der Waals surface area contributed by atoms with Gasteiger partial charge in [-0.15, -0.1) is 0 Å². The second kappa shape index (κ2) is 4.53. The Labute approximate surface area is 115 Å². The molecule has 2 aromatic heterocycles. The average Bonchev–Trinajstić information content (AvgIpc) is 2.94. The van der Waals surface area contributed by atoms with E-state index in [1.165, 1.54) is 25.7 Å². The van der Waals surface area contributed by atoms with Crippen molar-refractivity contribution in [2.24, 2.45) is 5.41 Å². The molecule has 4 nitrogen and oxygen atoms in total. The molecule has 0 atom stereocenters. The maximum Gasteiger partial charge on any atom is 0.180 e. The predicted octanol–water partition coefficient (Wildman–Crippen LogP) is 3.48. The topological polar surface area (TPSA) is 42.2 Å². The molecule has 1 saturated carbocycles. The van der Waals surface area contributed by atoms with Gasteiger partial charge in [0.15, 0.2) is 11.5 Å². The molecular formula is C13H17BrN4. The lowest BCUT2D eigenvalue weighted by molar-refractivity contribution is 0.485. The van der Waals surface area contributed by atoms with Crippen LogP contribution in [0, 0.1) is 5.41 Å². The largest absolute Gasteiger partial charge is 0.366 e. The zero-order valence-corrected chi connectivity index (χ0v) is 12.1. The molecule has 0 aromatic carbocycles. The van der Waals surface area contributed by atoms with Crippen molar-refractivity contribution in [1.82, 2.24) is 14.4 Å². The van der Waals surface area contributed by atoms with Crippen molar-refractivity contribution in [3.8, 4) is 0 Å². The zero-order chi connectivity index (χ0) is 12.6. The summed E-state index contributed by atoms with van der Waals surface area (Å²) in [5, 5.41) is 3.48. The van der Waals surface area contributed by atoms with Crippen LogP contribution in [0.15, 0.2) is 23.2 Å². The third-order valence-corrected chi connectivity index (χ3v) is 4.10. The van der Waals surface area contributed by atoms with E-state index in [1.54, 1.807) is 6.20 Å². The van der Waals surface area contributed by atoms with Crippen molar-refractivity contribution < 1.29 is 0 Å². The van der Waals surface area contributed by atoms with Crippen molar-refractivity contribution in [3.63, 3.8) is 0 Å². The molecule has 0 bridgehead atoms. The Kier molecular flexibility index (Phi) is 3.01. The number of hydrogen-bond acceptors (Lipinski definition) is 3. The molecular weight excluding hydrogens is 292 g/mol. The Balaban J connectivity index is 1.80. The van der Waals surface area contributed by atoms with E-state index in [1.807, 2.05) is 16.8 Å². The van der Waals surface area contributed by atoms with Gasteiger partial charge in [-0.25, -0.2) is 9.97 Å².